The van der Waals surface area contributed by atoms with Gasteiger partial charge in [-0.25, -0.2) is 0 Å². The van der Waals surface area contributed by atoms with Crippen molar-refractivity contribution in [1.29, 1.82) is 0 Å². The van der Waals surface area contributed by atoms with E-state index in [2.05, 4.69) is 17.1 Å². The minimum atomic E-state index is -0.0896. The Bertz CT molecular complexity index is 450. The zero-order valence-corrected chi connectivity index (χ0v) is 15.3. The number of amides is 2. The lowest BCUT2D eigenvalue weighted by Crippen LogP contribution is -2.55. The number of nitrogens with one attached hydrogen (secondary N) is 1. The molecular formula is C19H33N3O2. The van der Waals surface area contributed by atoms with Crippen molar-refractivity contribution in [2.24, 2.45) is 11.8 Å². The van der Waals surface area contributed by atoms with Gasteiger partial charge in [-0.2, -0.15) is 0 Å². The van der Waals surface area contributed by atoms with E-state index in [4.69, 9.17) is 0 Å². The summed E-state index contributed by atoms with van der Waals surface area (Å²) < 4.78 is 0. The van der Waals surface area contributed by atoms with Crippen LogP contribution in [0.3, 0.4) is 0 Å². The molecule has 0 bridgehead atoms. The third kappa shape index (κ3) is 4.50. The van der Waals surface area contributed by atoms with E-state index < -0.39 is 0 Å². The summed E-state index contributed by atoms with van der Waals surface area (Å²) in [5.74, 6) is 1.78. The molecule has 1 aliphatic heterocycles. The quantitative estimate of drug-likeness (QED) is 0.808. The Morgan fingerprint density at radius 1 is 1.00 bits per heavy atom. The molecule has 5 nitrogen and oxygen atoms in total. The van der Waals surface area contributed by atoms with Crippen LogP contribution in [-0.4, -0.2) is 59.9 Å². The van der Waals surface area contributed by atoms with E-state index >= 15 is 0 Å². The van der Waals surface area contributed by atoms with Crippen LogP contribution in [0.25, 0.3) is 0 Å². The van der Waals surface area contributed by atoms with Crippen LogP contribution in [0.2, 0.25) is 0 Å². The molecule has 0 radical (unpaired) electrons. The zero-order chi connectivity index (χ0) is 17.1. The molecule has 0 spiro atoms. The fourth-order valence-corrected chi connectivity index (χ4v) is 4.15. The van der Waals surface area contributed by atoms with Gasteiger partial charge in [-0.3, -0.25) is 14.5 Å². The minimum absolute atomic E-state index is 0.0896. The first-order chi connectivity index (χ1) is 11.5. The first-order valence-corrected chi connectivity index (χ1v) is 9.87. The van der Waals surface area contributed by atoms with Gasteiger partial charge in [0.15, 0.2) is 0 Å². The molecule has 24 heavy (non-hydrogen) atoms. The smallest absolute Gasteiger partial charge is 0.237 e. The van der Waals surface area contributed by atoms with E-state index in [0.29, 0.717) is 24.3 Å². The number of rotatable bonds is 6. The second-order valence-corrected chi connectivity index (χ2v) is 8.10. The van der Waals surface area contributed by atoms with Crippen LogP contribution >= 0.6 is 0 Å². The number of piperazine rings is 1. The average Bonchev–Trinajstić information content (AvgIpc) is 3.32. The topological polar surface area (TPSA) is 52.7 Å². The Labute approximate surface area is 146 Å². The van der Waals surface area contributed by atoms with E-state index in [9.17, 15) is 9.59 Å². The van der Waals surface area contributed by atoms with Gasteiger partial charge in [0, 0.05) is 38.6 Å². The van der Waals surface area contributed by atoms with Gasteiger partial charge in [-0.05, 0) is 44.4 Å². The molecular weight excluding hydrogens is 302 g/mol. The van der Waals surface area contributed by atoms with Gasteiger partial charge in [0.1, 0.15) is 0 Å². The lowest BCUT2D eigenvalue weighted by molar-refractivity contribution is -0.135. The highest BCUT2D eigenvalue weighted by molar-refractivity contribution is 5.81. The minimum Gasteiger partial charge on any atom is -0.352 e. The van der Waals surface area contributed by atoms with Crippen LogP contribution in [-0.2, 0) is 9.59 Å². The van der Waals surface area contributed by atoms with Crippen molar-refractivity contribution in [3.63, 3.8) is 0 Å². The molecule has 2 amide bonds. The largest absolute Gasteiger partial charge is 0.352 e. The Kier molecular flexibility index (Phi) is 5.80. The Hall–Kier alpha value is -1.10. The maximum absolute atomic E-state index is 12.4. The van der Waals surface area contributed by atoms with Crippen LogP contribution < -0.4 is 5.32 Å². The van der Waals surface area contributed by atoms with Gasteiger partial charge in [-0.15, -0.1) is 0 Å². The van der Waals surface area contributed by atoms with Gasteiger partial charge in [-0.1, -0.05) is 19.8 Å². The van der Waals surface area contributed by atoms with Crippen molar-refractivity contribution in [2.45, 2.75) is 70.9 Å². The summed E-state index contributed by atoms with van der Waals surface area (Å²) in [5, 5.41) is 3.19. The van der Waals surface area contributed by atoms with Crippen molar-refractivity contribution in [3.05, 3.63) is 0 Å². The molecule has 0 unspecified atom stereocenters. The van der Waals surface area contributed by atoms with Crippen LogP contribution in [0, 0.1) is 11.8 Å². The van der Waals surface area contributed by atoms with Gasteiger partial charge in [0.05, 0.1) is 6.04 Å². The Balaban J connectivity index is 1.40. The van der Waals surface area contributed by atoms with Crippen molar-refractivity contribution in [3.8, 4) is 0 Å². The first-order valence-electron chi connectivity index (χ1n) is 9.87. The van der Waals surface area contributed by atoms with Crippen molar-refractivity contribution in [2.75, 3.05) is 26.2 Å². The van der Waals surface area contributed by atoms with Crippen molar-refractivity contribution >= 4 is 11.8 Å². The molecule has 2 aliphatic carbocycles. The molecule has 5 heteroatoms. The van der Waals surface area contributed by atoms with Crippen LogP contribution in [0.5, 0.6) is 0 Å². The second kappa shape index (κ2) is 7.85. The third-order valence-corrected chi connectivity index (χ3v) is 6.22. The molecule has 136 valence electrons. The molecule has 0 aromatic carbocycles. The summed E-state index contributed by atoms with van der Waals surface area (Å²) in [5.41, 5.74) is 0. The molecule has 0 aromatic heterocycles. The molecule has 1 saturated heterocycles. The predicted octanol–water partition coefficient (Wildman–Crippen LogP) is 2.01. The van der Waals surface area contributed by atoms with Crippen LogP contribution in [0.4, 0.5) is 0 Å². The maximum atomic E-state index is 12.4. The van der Waals surface area contributed by atoms with Crippen molar-refractivity contribution < 1.29 is 9.59 Å². The standard InChI is InChI=1S/C19H33N3O2/c1-14(16-7-8-16)13-18(23)22-11-9-21(10-12-22)15(2)19(24)20-17-5-3-4-6-17/h14-17H,3-13H2,1-2H3,(H,20,24)/t14-,15-/m1/s1. The molecule has 3 fully saturated rings. The van der Waals surface area contributed by atoms with Gasteiger partial charge in [0.2, 0.25) is 11.8 Å². The number of hydrogen-bond acceptors (Lipinski definition) is 3. The van der Waals surface area contributed by atoms with E-state index in [1.807, 2.05) is 11.8 Å². The molecule has 3 aliphatic rings. The Morgan fingerprint density at radius 3 is 2.21 bits per heavy atom. The van der Waals surface area contributed by atoms with Crippen LogP contribution in [0.1, 0.15) is 58.8 Å². The highest BCUT2D eigenvalue weighted by atomic mass is 16.2. The van der Waals surface area contributed by atoms with E-state index in [1.165, 1.54) is 25.7 Å². The normalized spacial score (nSPS) is 25.5. The number of nitrogens with zero attached hydrogens (tertiary/aromatic N) is 2. The number of carbonyl (C=O) groups excluding carboxylic acids is 2. The first kappa shape index (κ1) is 17.7. The summed E-state index contributed by atoms with van der Waals surface area (Å²) in [7, 11) is 0. The summed E-state index contributed by atoms with van der Waals surface area (Å²) in [6.45, 7) is 7.35. The summed E-state index contributed by atoms with van der Waals surface area (Å²) >= 11 is 0. The summed E-state index contributed by atoms with van der Waals surface area (Å²) in [6, 6.07) is 0.292. The molecule has 2 atom stereocenters. The Morgan fingerprint density at radius 2 is 1.62 bits per heavy atom. The zero-order valence-electron chi connectivity index (χ0n) is 15.3. The lowest BCUT2D eigenvalue weighted by Gasteiger charge is -2.38. The highest BCUT2D eigenvalue weighted by Gasteiger charge is 2.32. The molecule has 3 rings (SSSR count). The molecule has 2 saturated carbocycles. The average molecular weight is 335 g/mol. The monoisotopic (exact) mass is 335 g/mol. The molecule has 1 N–H and O–H groups in total. The third-order valence-electron chi connectivity index (χ3n) is 6.22. The number of carbonyl (C=O) groups is 2. The molecule has 1 heterocycles. The van der Waals surface area contributed by atoms with Crippen molar-refractivity contribution in [1.82, 2.24) is 15.1 Å². The number of hydrogen-bond donors (Lipinski definition) is 1. The lowest BCUT2D eigenvalue weighted by atomic mass is 10.0. The fraction of sp³-hybridized carbons (Fsp3) is 0.895. The summed E-state index contributed by atoms with van der Waals surface area (Å²) in [6.07, 6.45) is 8.02. The fourth-order valence-electron chi connectivity index (χ4n) is 4.15. The maximum Gasteiger partial charge on any atom is 0.237 e. The highest BCUT2D eigenvalue weighted by Crippen LogP contribution is 2.38. The van der Waals surface area contributed by atoms with Gasteiger partial charge < -0.3 is 10.2 Å². The van der Waals surface area contributed by atoms with E-state index in [1.54, 1.807) is 0 Å². The molecule has 0 aromatic rings. The van der Waals surface area contributed by atoms with Crippen LogP contribution in [0.15, 0.2) is 0 Å². The van der Waals surface area contributed by atoms with E-state index in [-0.39, 0.29) is 11.9 Å². The SMILES string of the molecule is C[C@H](CC(=O)N1CCN([C@H](C)C(=O)NC2CCCC2)CC1)C1CC1. The second-order valence-electron chi connectivity index (χ2n) is 8.10. The predicted molar refractivity (Wildman–Crippen MR) is 94.5 cm³/mol. The van der Waals surface area contributed by atoms with E-state index in [0.717, 1.165) is 44.9 Å². The van der Waals surface area contributed by atoms with Gasteiger partial charge >= 0.3 is 0 Å². The van der Waals surface area contributed by atoms with Gasteiger partial charge in [0.25, 0.3) is 0 Å². The summed E-state index contributed by atoms with van der Waals surface area (Å²) in [4.78, 5) is 29.0.